The summed E-state index contributed by atoms with van der Waals surface area (Å²) in [5.41, 5.74) is 1.33. The number of nitrogens with one attached hydrogen (secondary N) is 1. The molecule has 2 amide bonds. The van der Waals surface area contributed by atoms with E-state index < -0.39 is 0 Å². The van der Waals surface area contributed by atoms with Gasteiger partial charge in [0.15, 0.2) is 4.80 Å². The Morgan fingerprint density at radius 2 is 2.06 bits per heavy atom. The van der Waals surface area contributed by atoms with Crippen LogP contribution in [0.3, 0.4) is 0 Å². The van der Waals surface area contributed by atoms with Crippen molar-refractivity contribution < 1.29 is 19.1 Å². The number of hydrogen-bond donors (Lipinski definition) is 1. The fraction of sp³-hybridized carbons (Fsp3) is 0.478. The van der Waals surface area contributed by atoms with Gasteiger partial charge >= 0.3 is 5.97 Å². The molecule has 1 aromatic heterocycles. The number of allylic oxidation sites excluding steroid dienone is 1. The first-order valence-electron chi connectivity index (χ1n) is 10.9. The van der Waals surface area contributed by atoms with E-state index in [9.17, 15) is 14.4 Å². The quantitative estimate of drug-likeness (QED) is 0.441. The number of thiazole rings is 1. The number of thioether (sulfide) groups is 1. The van der Waals surface area contributed by atoms with Crippen LogP contribution in [-0.4, -0.2) is 46.5 Å². The molecule has 1 aliphatic rings. The molecule has 9 heteroatoms. The molecule has 7 nitrogen and oxygen atoms in total. The van der Waals surface area contributed by atoms with Gasteiger partial charge in [-0.2, -0.15) is 4.99 Å². The molecule has 1 heterocycles. The van der Waals surface area contributed by atoms with Crippen molar-refractivity contribution in [3.05, 3.63) is 41.2 Å². The minimum absolute atomic E-state index is 0.0234. The molecule has 1 aliphatic carbocycles. The maximum Gasteiger partial charge on any atom is 0.338 e. The molecule has 1 fully saturated rings. The zero-order chi connectivity index (χ0) is 22.9. The molecular weight excluding hydrogens is 446 g/mol. The smallest absolute Gasteiger partial charge is 0.338 e. The first kappa shape index (κ1) is 24.3. The fourth-order valence-corrected chi connectivity index (χ4v) is 5.40. The van der Waals surface area contributed by atoms with Crippen LogP contribution < -0.4 is 10.1 Å². The number of benzene rings is 1. The molecule has 0 spiro atoms. The van der Waals surface area contributed by atoms with Crippen molar-refractivity contribution >= 4 is 51.1 Å². The highest BCUT2D eigenvalue weighted by Gasteiger charge is 2.16. The number of amides is 2. The predicted molar refractivity (Wildman–Crippen MR) is 129 cm³/mol. The summed E-state index contributed by atoms with van der Waals surface area (Å²) in [5.74, 6) is -0.315. The van der Waals surface area contributed by atoms with Crippen LogP contribution in [0.4, 0.5) is 0 Å². The van der Waals surface area contributed by atoms with E-state index in [1.807, 2.05) is 10.6 Å². The highest BCUT2D eigenvalue weighted by atomic mass is 32.2. The second-order valence-electron chi connectivity index (χ2n) is 7.59. The number of aromatic nitrogens is 1. The number of ether oxygens (including phenoxy) is 1. The summed E-state index contributed by atoms with van der Waals surface area (Å²) in [6.45, 7) is 6.34. The minimum Gasteiger partial charge on any atom is -0.462 e. The van der Waals surface area contributed by atoms with Gasteiger partial charge in [-0.15, -0.1) is 18.3 Å². The molecule has 2 aromatic rings. The number of rotatable bonds is 9. The predicted octanol–water partition coefficient (Wildman–Crippen LogP) is 3.67. The maximum absolute atomic E-state index is 12.5. The number of esters is 1. The third-order valence-corrected chi connectivity index (χ3v) is 7.11. The molecule has 0 radical (unpaired) electrons. The maximum atomic E-state index is 12.5. The summed E-state index contributed by atoms with van der Waals surface area (Å²) in [5, 5.41) is 3.06. The fourth-order valence-electron chi connectivity index (χ4n) is 3.69. The summed E-state index contributed by atoms with van der Waals surface area (Å²) < 4.78 is 7.79. The Hall–Kier alpha value is -2.39. The summed E-state index contributed by atoms with van der Waals surface area (Å²) in [6, 6.07) is 5.56. The van der Waals surface area contributed by atoms with Crippen molar-refractivity contribution in [2.24, 2.45) is 4.99 Å². The highest BCUT2D eigenvalue weighted by molar-refractivity contribution is 8.00. The third kappa shape index (κ3) is 6.56. The van der Waals surface area contributed by atoms with Crippen LogP contribution in [0.25, 0.3) is 10.2 Å². The lowest BCUT2D eigenvalue weighted by Gasteiger charge is -2.22. The van der Waals surface area contributed by atoms with Gasteiger partial charge in [0.25, 0.3) is 5.91 Å². The van der Waals surface area contributed by atoms with Crippen molar-refractivity contribution in [1.29, 1.82) is 0 Å². The van der Waals surface area contributed by atoms with E-state index in [2.05, 4.69) is 16.9 Å². The van der Waals surface area contributed by atoms with Crippen LogP contribution in [0, 0.1) is 0 Å². The molecule has 0 aliphatic heterocycles. The Labute approximate surface area is 195 Å². The van der Waals surface area contributed by atoms with E-state index >= 15 is 0 Å². The van der Waals surface area contributed by atoms with E-state index in [0.717, 1.165) is 35.9 Å². The molecule has 0 bridgehead atoms. The SMILES string of the molecule is C=CCn1c(=NC(=O)CSCC(=O)NC2CCCCC2)sc2cc(C(=O)OCC)ccc21. The number of fused-ring (bicyclic) bond motifs is 1. The molecule has 172 valence electrons. The van der Waals surface area contributed by atoms with Crippen LogP contribution >= 0.6 is 23.1 Å². The van der Waals surface area contributed by atoms with E-state index in [0.29, 0.717) is 23.5 Å². The number of carbonyl (C=O) groups excluding carboxylic acids is 3. The Morgan fingerprint density at radius 3 is 2.78 bits per heavy atom. The van der Waals surface area contributed by atoms with E-state index in [1.54, 1.807) is 25.1 Å². The Bertz CT molecular complexity index is 1050. The van der Waals surface area contributed by atoms with Gasteiger partial charge in [0.2, 0.25) is 5.91 Å². The van der Waals surface area contributed by atoms with Gasteiger partial charge in [0.1, 0.15) is 0 Å². The minimum atomic E-state index is -0.379. The topological polar surface area (TPSA) is 89.8 Å². The summed E-state index contributed by atoms with van der Waals surface area (Å²) in [6.07, 6.45) is 7.38. The monoisotopic (exact) mass is 475 g/mol. The van der Waals surface area contributed by atoms with Crippen molar-refractivity contribution in [2.75, 3.05) is 18.1 Å². The first-order chi connectivity index (χ1) is 15.5. The van der Waals surface area contributed by atoms with E-state index in [-0.39, 0.29) is 35.3 Å². The van der Waals surface area contributed by atoms with Crippen molar-refractivity contribution in [3.63, 3.8) is 0 Å². The molecule has 0 unspecified atom stereocenters. The molecule has 0 atom stereocenters. The van der Waals surface area contributed by atoms with Crippen molar-refractivity contribution in [3.8, 4) is 0 Å². The average Bonchev–Trinajstić information content (AvgIpc) is 3.11. The molecule has 1 N–H and O–H groups in total. The van der Waals surface area contributed by atoms with Crippen LogP contribution in [0.2, 0.25) is 0 Å². The van der Waals surface area contributed by atoms with Crippen molar-refractivity contribution in [2.45, 2.75) is 51.6 Å². The molecule has 1 saturated carbocycles. The van der Waals surface area contributed by atoms with Crippen molar-refractivity contribution in [1.82, 2.24) is 9.88 Å². The highest BCUT2D eigenvalue weighted by Crippen LogP contribution is 2.20. The molecule has 3 rings (SSSR count). The van der Waals surface area contributed by atoms with Gasteiger partial charge in [-0.25, -0.2) is 4.79 Å². The normalized spacial score (nSPS) is 15.0. The lowest BCUT2D eigenvalue weighted by atomic mass is 9.95. The zero-order valence-electron chi connectivity index (χ0n) is 18.3. The largest absolute Gasteiger partial charge is 0.462 e. The number of nitrogens with zero attached hydrogens (tertiary/aromatic N) is 2. The number of carbonyl (C=O) groups is 3. The van der Waals surface area contributed by atoms with Gasteiger partial charge in [-0.3, -0.25) is 9.59 Å². The average molecular weight is 476 g/mol. The lowest BCUT2D eigenvalue weighted by molar-refractivity contribution is -0.119. The second-order valence-corrected chi connectivity index (χ2v) is 9.58. The van der Waals surface area contributed by atoms with Gasteiger partial charge in [-0.05, 0) is 38.0 Å². The van der Waals surface area contributed by atoms with Gasteiger partial charge in [0, 0.05) is 12.6 Å². The lowest BCUT2D eigenvalue weighted by Crippen LogP contribution is -2.37. The van der Waals surface area contributed by atoms with Crippen LogP contribution in [0.1, 0.15) is 49.4 Å². The van der Waals surface area contributed by atoms with Gasteiger partial charge < -0.3 is 14.6 Å². The van der Waals surface area contributed by atoms with Crippen LogP contribution in [-0.2, 0) is 20.9 Å². The van der Waals surface area contributed by atoms with E-state index in [1.165, 1.54) is 29.5 Å². The molecule has 32 heavy (non-hydrogen) atoms. The summed E-state index contributed by atoms with van der Waals surface area (Å²) >= 11 is 2.61. The first-order valence-corrected chi connectivity index (χ1v) is 12.8. The molecule has 0 saturated heterocycles. The summed E-state index contributed by atoms with van der Waals surface area (Å²) in [4.78, 5) is 41.4. The Balaban J connectivity index is 1.66. The second kappa shape index (κ2) is 12.0. The standard InChI is InChI=1S/C23H29N3O4S2/c1-3-12-26-18-11-10-16(22(29)30-4-2)13-19(18)32-23(26)25-21(28)15-31-14-20(27)24-17-8-6-5-7-9-17/h3,10-11,13,17H,1,4-9,12,14-15H2,2H3,(H,24,27). The molecular formula is C23H29N3O4S2. The Kier molecular flexibility index (Phi) is 9.11. The van der Waals surface area contributed by atoms with Crippen LogP contribution in [0.5, 0.6) is 0 Å². The van der Waals surface area contributed by atoms with Crippen LogP contribution in [0.15, 0.2) is 35.8 Å². The zero-order valence-corrected chi connectivity index (χ0v) is 19.9. The molecule has 1 aromatic carbocycles. The summed E-state index contributed by atoms with van der Waals surface area (Å²) in [7, 11) is 0. The van der Waals surface area contributed by atoms with E-state index in [4.69, 9.17) is 4.74 Å². The van der Waals surface area contributed by atoms with Gasteiger partial charge in [0.05, 0.1) is 33.9 Å². The van der Waals surface area contributed by atoms with Gasteiger partial charge in [-0.1, -0.05) is 36.7 Å². The Morgan fingerprint density at radius 1 is 1.28 bits per heavy atom. The number of hydrogen-bond acceptors (Lipinski definition) is 6. The third-order valence-electron chi connectivity index (χ3n) is 5.15.